The van der Waals surface area contributed by atoms with Crippen molar-refractivity contribution in [2.45, 2.75) is 44.8 Å². The minimum absolute atomic E-state index is 0.00354. The first-order valence-corrected chi connectivity index (χ1v) is 12.8. The van der Waals surface area contributed by atoms with Crippen LogP contribution in [0.2, 0.25) is 0 Å². The fourth-order valence-electron chi connectivity index (χ4n) is 4.47. The van der Waals surface area contributed by atoms with Gasteiger partial charge in [0.05, 0.1) is 10.6 Å². The SMILES string of the molecule is Cc1sc(C(=O)NC2CCCN(c3cc(Br)n4ncnc(N)c34)C2)nc1OC1CCNCC1. The number of aromatic nitrogens is 4. The Bertz CT molecular complexity index is 1160. The Labute approximate surface area is 204 Å². The number of anilines is 2. The summed E-state index contributed by atoms with van der Waals surface area (Å²) in [6, 6.07) is 2.00. The van der Waals surface area contributed by atoms with Crippen molar-refractivity contribution < 1.29 is 9.53 Å². The first kappa shape index (κ1) is 22.4. The molecule has 1 unspecified atom stereocenters. The first-order valence-electron chi connectivity index (χ1n) is 11.2. The lowest BCUT2D eigenvalue weighted by Gasteiger charge is -2.34. The maximum absolute atomic E-state index is 13.0. The van der Waals surface area contributed by atoms with Gasteiger partial charge in [-0.1, -0.05) is 0 Å². The molecular formula is C21H27BrN8O2S. The minimum atomic E-state index is -0.152. The molecule has 5 heterocycles. The summed E-state index contributed by atoms with van der Waals surface area (Å²) in [6.45, 7) is 5.40. The van der Waals surface area contributed by atoms with Crippen LogP contribution in [0.3, 0.4) is 0 Å². The van der Waals surface area contributed by atoms with Crippen LogP contribution in [-0.4, -0.2) is 63.8 Å². The number of fused-ring (bicyclic) bond motifs is 1. The van der Waals surface area contributed by atoms with Crippen molar-refractivity contribution in [2.24, 2.45) is 0 Å². The number of thiazole rings is 1. The van der Waals surface area contributed by atoms with Gasteiger partial charge in [-0.05, 0) is 67.7 Å². The molecule has 0 radical (unpaired) electrons. The summed E-state index contributed by atoms with van der Waals surface area (Å²) in [5.41, 5.74) is 7.87. The highest BCUT2D eigenvalue weighted by molar-refractivity contribution is 9.10. The number of amides is 1. The van der Waals surface area contributed by atoms with Gasteiger partial charge in [0.25, 0.3) is 5.91 Å². The second-order valence-electron chi connectivity index (χ2n) is 8.46. The Kier molecular flexibility index (Phi) is 6.39. The van der Waals surface area contributed by atoms with Crippen LogP contribution in [0, 0.1) is 6.92 Å². The molecule has 5 rings (SSSR count). The predicted octanol–water partition coefficient (Wildman–Crippen LogP) is 2.37. The third-order valence-electron chi connectivity index (χ3n) is 6.13. The Balaban J connectivity index is 1.27. The smallest absolute Gasteiger partial charge is 0.280 e. The van der Waals surface area contributed by atoms with Crippen molar-refractivity contribution in [3.63, 3.8) is 0 Å². The number of aryl methyl sites for hydroxylation is 1. The molecule has 1 atom stereocenters. The summed E-state index contributed by atoms with van der Waals surface area (Å²) in [7, 11) is 0. The van der Waals surface area contributed by atoms with Gasteiger partial charge in [0.2, 0.25) is 5.88 Å². The van der Waals surface area contributed by atoms with Gasteiger partial charge in [-0.15, -0.1) is 11.3 Å². The molecule has 4 N–H and O–H groups in total. The molecule has 0 aromatic carbocycles. The number of nitrogens with two attached hydrogens (primary N) is 1. The Morgan fingerprint density at radius 3 is 3.00 bits per heavy atom. The Morgan fingerprint density at radius 1 is 1.36 bits per heavy atom. The van der Waals surface area contributed by atoms with Crippen molar-refractivity contribution in [3.05, 3.63) is 26.9 Å². The second-order valence-corrected chi connectivity index (χ2v) is 10.5. The summed E-state index contributed by atoms with van der Waals surface area (Å²) in [6.07, 6.45) is 5.36. The van der Waals surface area contributed by atoms with Crippen molar-refractivity contribution >= 4 is 50.2 Å². The summed E-state index contributed by atoms with van der Waals surface area (Å²) in [5, 5.41) is 11.2. The molecule has 2 aliphatic heterocycles. The predicted molar refractivity (Wildman–Crippen MR) is 131 cm³/mol. The number of hydrogen-bond donors (Lipinski definition) is 3. The van der Waals surface area contributed by atoms with Crippen LogP contribution >= 0.6 is 27.3 Å². The lowest BCUT2D eigenvalue weighted by Crippen LogP contribution is -2.47. The maximum Gasteiger partial charge on any atom is 0.280 e. The molecule has 3 aromatic heterocycles. The average Bonchev–Trinajstić information content (AvgIpc) is 3.35. The molecule has 10 nitrogen and oxygen atoms in total. The molecule has 12 heteroatoms. The summed E-state index contributed by atoms with van der Waals surface area (Å²) >= 11 is 4.93. The van der Waals surface area contributed by atoms with Crippen LogP contribution in [0.4, 0.5) is 11.5 Å². The zero-order valence-electron chi connectivity index (χ0n) is 18.4. The molecular weight excluding hydrogens is 508 g/mol. The molecule has 0 bridgehead atoms. The van der Waals surface area contributed by atoms with Gasteiger partial charge in [0.1, 0.15) is 22.6 Å². The average molecular weight is 535 g/mol. The fraction of sp³-hybridized carbons (Fsp3) is 0.524. The zero-order valence-corrected chi connectivity index (χ0v) is 20.8. The second kappa shape index (κ2) is 9.43. The molecule has 0 spiro atoms. The highest BCUT2D eigenvalue weighted by Gasteiger charge is 2.27. The van der Waals surface area contributed by atoms with Crippen molar-refractivity contribution in [3.8, 4) is 5.88 Å². The number of carbonyl (C=O) groups excluding carboxylic acids is 1. The lowest BCUT2D eigenvalue weighted by atomic mass is 10.1. The van der Waals surface area contributed by atoms with Gasteiger partial charge >= 0.3 is 0 Å². The van der Waals surface area contributed by atoms with Gasteiger partial charge in [-0.3, -0.25) is 4.79 Å². The number of carbonyl (C=O) groups is 1. The van der Waals surface area contributed by atoms with E-state index in [1.807, 2.05) is 13.0 Å². The van der Waals surface area contributed by atoms with Crippen LogP contribution in [0.5, 0.6) is 5.88 Å². The maximum atomic E-state index is 13.0. The minimum Gasteiger partial charge on any atom is -0.473 e. The fourth-order valence-corrected chi connectivity index (χ4v) is 5.71. The quantitative estimate of drug-likeness (QED) is 0.455. The van der Waals surface area contributed by atoms with E-state index in [1.165, 1.54) is 17.7 Å². The highest BCUT2D eigenvalue weighted by Crippen LogP contribution is 2.33. The van der Waals surface area contributed by atoms with Crippen LogP contribution in [0.25, 0.3) is 5.52 Å². The molecule has 2 fully saturated rings. The summed E-state index contributed by atoms with van der Waals surface area (Å²) in [4.78, 5) is 24.8. The molecule has 0 aliphatic carbocycles. The van der Waals surface area contributed by atoms with Gasteiger partial charge in [0.15, 0.2) is 10.8 Å². The van der Waals surface area contributed by atoms with Gasteiger partial charge in [-0.25, -0.2) is 9.50 Å². The number of piperidine rings is 2. The standard InChI is InChI=1S/C21H27BrN8O2S/c1-12-20(32-14-4-6-24-7-5-14)28-21(33-12)19(31)27-13-3-2-8-29(10-13)15-9-16(22)30-17(15)18(23)25-11-26-30/h9,11,13-14,24H,2-8,10H2,1H3,(H,27,31)(H2,23,25,26). The van der Waals surface area contributed by atoms with Crippen molar-refractivity contribution in [1.82, 2.24) is 30.2 Å². The highest BCUT2D eigenvalue weighted by atomic mass is 79.9. The third-order valence-corrected chi connectivity index (χ3v) is 7.64. The number of nitrogen functional groups attached to an aromatic ring is 1. The molecule has 176 valence electrons. The van der Waals surface area contributed by atoms with Gasteiger partial charge in [0, 0.05) is 19.1 Å². The van der Waals surface area contributed by atoms with E-state index in [0.717, 1.165) is 66.0 Å². The Morgan fingerprint density at radius 2 is 2.18 bits per heavy atom. The number of halogens is 1. The molecule has 1 amide bonds. The van der Waals surface area contributed by atoms with Crippen LogP contribution in [0.15, 0.2) is 17.0 Å². The third kappa shape index (κ3) is 4.64. The number of hydrogen-bond acceptors (Lipinski definition) is 9. The molecule has 33 heavy (non-hydrogen) atoms. The van der Waals surface area contributed by atoms with E-state index >= 15 is 0 Å². The number of nitrogens with zero attached hydrogens (tertiary/aromatic N) is 5. The zero-order chi connectivity index (χ0) is 22.9. The van der Waals surface area contributed by atoms with Crippen LogP contribution in [0.1, 0.15) is 40.4 Å². The molecule has 2 aliphatic rings. The monoisotopic (exact) mass is 534 g/mol. The normalized spacial score (nSPS) is 19.7. The van der Waals surface area contributed by atoms with E-state index in [4.69, 9.17) is 10.5 Å². The topological polar surface area (TPSA) is 123 Å². The largest absolute Gasteiger partial charge is 0.473 e. The van der Waals surface area contributed by atoms with E-state index in [2.05, 4.69) is 46.5 Å². The summed E-state index contributed by atoms with van der Waals surface area (Å²) < 4.78 is 8.63. The molecule has 2 saturated heterocycles. The van der Waals surface area contributed by atoms with Gasteiger partial charge < -0.3 is 26.0 Å². The number of ether oxygens (including phenoxy) is 1. The van der Waals surface area contributed by atoms with E-state index in [1.54, 1.807) is 4.52 Å². The van der Waals surface area contributed by atoms with Crippen molar-refractivity contribution in [1.29, 1.82) is 0 Å². The lowest BCUT2D eigenvalue weighted by molar-refractivity contribution is 0.0930. The van der Waals surface area contributed by atoms with Crippen LogP contribution in [-0.2, 0) is 0 Å². The van der Waals surface area contributed by atoms with Crippen molar-refractivity contribution in [2.75, 3.05) is 36.8 Å². The Hall–Kier alpha value is -2.44. The number of nitrogens with one attached hydrogen (secondary N) is 2. The summed E-state index contributed by atoms with van der Waals surface area (Å²) in [5.74, 6) is 0.861. The van der Waals surface area contributed by atoms with E-state index in [9.17, 15) is 4.79 Å². The molecule has 3 aromatic rings. The van der Waals surface area contributed by atoms with Crippen LogP contribution < -0.4 is 26.0 Å². The molecule has 0 saturated carbocycles. The van der Waals surface area contributed by atoms with Gasteiger partial charge in [-0.2, -0.15) is 10.1 Å². The van der Waals surface area contributed by atoms with E-state index in [-0.39, 0.29) is 18.1 Å². The van der Waals surface area contributed by atoms with E-state index < -0.39 is 0 Å². The number of rotatable bonds is 5. The first-order chi connectivity index (χ1) is 16.0. The van der Waals surface area contributed by atoms with E-state index in [0.29, 0.717) is 23.3 Å².